The smallest absolute Gasteiger partial charge is 0.237 e. The lowest BCUT2D eigenvalue weighted by Crippen LogP contribution is -2.42. The van der Waals surface area contributed by atoms with Crippen LogP contribution in [0.4, 0.5) is 0 Å². The van der Waals surface area contributed by atoms with Crippen LogP contribution in [-0.2, 0) is 11.2 Å². The topological polar surface area (TPSA) is 70.9 Å². The molecule has 0 radical (unpaired) electrons. The number of hydrogen-bond donors (Lipinski definition) is 3. The molecule has 2 aromatic rings. The Labute approximate surface area is 119 Å². The Kier molecular flexibility index (Phi) is 4.79. The monoisotopic (exact) mass is 273 g/mol. The van der Waals surface area contributed by atoms with E-state index in [1.54, 1.807) is 0 Å². The molecule has 0 unspecified atom stereocenters. The summed E-state index contributed by atoms with van der Waals surface area (Å²) in [4.78, 5) is 15.1. The van der Waals surface area contributed by atoms with Gasteiger partial charge in [-0.1, -0.05) is 32.0 Å². The van der Waals surface area contributed by atoms with Gasteiger partial charge >= 0.3 is 0 Å². The van der Waals surface area contributed by atoms with Crippen LogP contribution in [0.25, 0.3) is 10.9 Å². The van der Waals surface area contributed by atoms with Gasteiger partial charge in [-0.15, -0.1) is 0 Å². The SMILES string of the molecule is CC(C)CCNC(=O)[C@H](N)Cc1c[nH]c2ccccc12. The predicted molar refractivity (Wildman–Crippen MR) is 82.4 cm³/mol. The van der Waals surface area contributed by atoms with Gasteiger partial charge < -0.3 is 16.0 Å². The first-order valence-corrected chi connectivity index (χ1v) is 7.16. The fraction of sp³-hybridized carbons (Fsp3) is 0.438. The van der Waals surface area contributed by atoms with Crippen molar-refractivity contribution >= 4 is 16.8 Å². The molecule has 0 saturated heterocycles. The first-order valence-electron chi connectivity index (χ1n) is 7.16. The third-order valence-electron chi connectivity index (χ3n) is 3.47. The minimum absolute atomic E-state index is 0.0732. The molecule has 0 spiro atoms. The van der Waals surface area contributed by atoms with Gasteiger partial charge in [0.05, 0.1) is 6.04 Å². The normalized spacial score (nSPS) is 12.8. The van der Waals surface area contributed by atoms with E-state index in [4.69, 9.17) is 5.73 Å². The summed E-state index contributed by atoms with van der Waals surface area (Å²) in [5, 5.41) is 4.04. The Morgan fingerprint density at radius 2 is 2.10 bits per heavy atom. The molecule has 4 nitrogen and oxygen atoms in total. The van der Waals surface area contributed by atoms with Crippen LogP contribution in [0.2, 0.25) is 0 Å². The summed E-state index contributed by atoms with van der Waals surface area (Å²) in [6.07, 6.45) is 3.47. The second-order valence-corrected chi connectivity index (χ2v) is 5.64. The molecule has 1 amide bonds. The summed E-state index contributed by atoms with van der Waals surface area (Å²) in [5.41, 5.74) is 8.16. The summed E-state index contributed by atoms with van der Waals surface area (Å²) >= 11 is 0. The van der Waals surface area contributed by atoms with E-state index in [0.717, 1.165) is 22.9 Å². The Hall–Kier alpha value is -1.81. The minimum Gasteiger partial charge on any atom is -0.361 e. The number of carbonyl (C=O) groups excluding carboxylic acids is 1. The van der Waals surface area contributed by atoms with Crippen molar-refractivity contribution in [3.8, 4) is 0 Å². The molecule has 0 saturated carbocycles. The van der Waals surface area contributed by atoms with Crippen molar-refractivity contribution in [1.82, 2.24) is 10.3 Å². The molecule has 1 aromatic carbocycles. The minimum atomic E-state index is -0.499. The van der Waals surface area contributed by atoms with Gasteiger partial charge in [0.1, 0.15) is 0 Å². The number of aromatic nitrogens is 1. The van der Waals surface area contributed by atoms with E-state index in [9.17, 15) is 4.79 Å². The van der Waals surface area contributed by atoms with E-state index in [2.05, 4.69) is 24.1 Å². The van der Waals surface area contributed by atoms with Crippen LogP contribution in [-0.4, -0.2) is 23.5 Å². The highest BCUT2D eigenvalue weighted by molar-refractivity contribution is 5.86. The standard InChI is InChI=1S/C16H23N3O/c1-11(2)7-8-18-16(20)14(17)9-12-10-19-15-6-4-3-5-13(12)15/h3-6,10-11,14,19H,7-9,17H2,1-2H3,(H,18,20)/t14-/m1/s1. The molecule has 0 fully saturated rings. The highest BCUT2D eigenvalue weighted by Crippen LogP contribution is 2.18. The summed E-state index contributed by atoms with van der Waals surface area (Å²) in [6, 6.07) is 7.55. The van der Waals surface area contributed by atoms with Gasteiger partial charge in [0.25, 0.3) is 0 Å². The maximum atomic E-state index is 11.9. The van der Waals surface area contributed by atoms with Gasteiger partial charge in [0.15, 0.2) is 0 Å². The third kappa shape index (κ3) is 3.61. The van der Waals surface area contributed by atoms with Crippen molar-refractivity contribution < 1.29 is 4.79 Å². The molecule has 1 aromatic heterocycles. The molecule has 0 bridgehead atoms. The van der Waals surface area contributed by atoms with Gasteiger partial charge in [0, 0.05) is 23.6 Å². The van der Waals surface area contributed by atoms with Crippen molar-refractivity contribution in [1.29, 1.82) is 0 Å². The second-order valence-electron chi connectivity index (χ2n) is 5.64. The number of aromatic amines is 1. The third-order valence-corrected chi connectivity index (χ3v) is 3.47. The Morgan fingerprint density at radius 1 is 1.35 bits per heavy atom. The number of amides is 1. The Balaban J connectivity index is 1.93. The largest absolute Gasteiger partial charge is 0.361 e. The van der Waals surface area contributed by atoms with Crippen LogP contribution in [0.5, 0.6) is 0 Å². The first kappa shape index (κ1) is 14.6. The van der Waals surface area contributed by atoms with Crippen LogP contribution < -0.4 is 11.1 Å². The fourth-order valence-electron chi connectivity index (χ4n) is 2.25. The predicted octanol–water partition coefficient (Wildman–Crippen LogP) is 2.20. The lowest BCUT2D eigenvalue weighted by Gasteiger charge is -2.12. The number of nitrogens with two attached hydrogens (primary N) is 1. The molecule has 1 atom stereocenters. The molecule has 4 N–H and O–H groups in total. The van der Waals surface area contributed by atoms with Crippen molar-refractivity contribution in [2.45, 2.75) is 32.7 Å². The van der Waals surface area contributed by atoms with E-state index >= 15 is 0 Å². The van der Waals surface area contributed by atoms with E-state index in [0.29, 0.717) is 18.9 Å². The number of fused-ring (bicyclic) bond motifs is 1. The maximum absolute atomic E-state index is 11.9. The number of rotatable bonds is 6. The van der Waals surface area contributed by atoms with Gasteiger partial charge in [-0.2, -0.15) is 0 Å². The molecule has 0 aliphatic rings. The maximum Gasteiger partial charge on any atom is 0.237 e. The average molecular weight is 273 g/mol. The van der Waals surface area contributed by atoms with Crippen molar-refractivity contribution in [3.05, 3.63) is 36.0 Å². The lowest BCUT2D eigenvalue weighted by molar-refractivity contribution is -0.122. The molecular weight excluding hydrogens is 250 g/mol. The Morgan fingerprint density at radius 3 is 2.85 bits per heavy atom. The molecular formula is C16H23N3O. The second kappa shape index (κ2) is 6.57. The number of H-pyrrole nitrogens is 1. The van der Waals surface area contributed by atoms with E-state index in [1.165, 1.54) is 0 Å². The number of para-hydroxylation sites is 1. The molecule has 0 aliphatic carbocycles. The number of hydrogen-bond acceptors (Lipinski definition) is 2. The molecule has 4 heteroatoms. The van der Waals surface area contributed by atoms with Crippen LogP contribution in [0, 0.1) is 5.92 Å². The van der Waals surface area contributed by atoms with E-state index in [1.807, 2.05) is 30.5 Å². The van der Waals surface area contributed by atoms with Gasteiger partial charge in [0.2, 0.25) is 5.91 Å². The molecule has 20 heavy (non-hydrogen) atoms. The van der Waals surface area contributed by atoms with Gasteiger partial charge in [-0.3, -0.25) is 4.79 Å². The van der Waals surface area contributed by atoms with Crippen molar-refractivity contribution in [2.24, 2.45) is 11.7 Å². The molecule has 1 heterocycles. The number of carbonyl (C=O) groups is 1. The number of nitrogens with one attached hydrogen (secondary N) is 2. The van der Waals surface area contributed by atoms with Crippen molar-refractivity contribution in [3.63, 3.8) is 0 Å². The fourth-order valence-corrected chi connectivity index (χ4v) is 2.25. The van der Waals surface area contributed by atoms with E-state index in [-0.39, 0.29) is 5.91 Å². The molecule has 2 rings (SSSR count). The first-order chi connectivity index (χ1) is 9.58. The van der Waals surface area contributed by atoms with E-state index < -0.39 is 6.04 Å². The van der Waals surface area contributed by atoms with Gasteiger partial charge in [-0.25, -0.2) is 0 Å². The zero-order valence-corrected chi connectivity index (χ0v) is 12.1. The number of benzene rings is 1. The van der Waals surface area contributed by atoms with Gasteiger partial charge in [-0.05, 0) is 30.4 Å². The summed E-state index contributed by atoms with van der Waals surface area (Å²) in [5.74, 6) is 0.510. The molecule has 0 aliphatic heterocycles. The summed E-state index contributed by atoms with van der Waals surface area (Å²) < 4.78 is 0. The highest BCUT2D eigenvalue weighted by atomic mass is 16.2. The highest BCUT2D eigenvalue weighted by Gasteiger charge is 2.15. The van der Waals surface area contributed by atoms with Crippen molar-refractivity contribution in [2.75, 3.05) is 6.54 Å². The zero-order valence-electron chi connectivity index (χ0n) is 12.1. The molecule has 108 valence electrons. The van der Waals surface area contributed by atoms with Crippen LogP contribution in [0.15, 0.2) is 30.5 Å². The Bertz CT molecular complexity index is 574. The lowest BCUT2D eigenvalue weighted by atomic mass is 10.0. The summed E-state index contributed by atoms with van der Waals surface area (Å²) in [7, 11) is 0. The summed E-state index contributed by atoms with van der Waals surface area (Å²) in [6.45, 7) is 4.97. The zero-order chi connectivity index (χ0) is 14.5. The average Bonchev–Trinajstić information content (AvgIpc) is 2.81. The van der Waals surface area contributed by atoms with Crippen LogP contribution in [0.1, 0.15) is 25.8 Å². The van der Waals surface area contributed by atoms with Crippen LogP contribution in [0.3, 0.4) is 0 Å². The van der Waals surface area contributed by atoms with Crippen LogP contribution >= 0.6 is 0 Å². The quantitative estimate of drug-likeness (QED) is 0.755.